The van der Waals surface area contributed by atoms with Gasteiger partial charge in [-0.25, -0.2) is 4.98 Å². The summed E-state index contributed by atoms with van der Waals surface area (Å²) in [6.07, 6.45) is 6.15. The van der Waals surface area contributed by atoms with Crippen LogP contribution in [0.2, 0.25) is 0 Å². The van der Waals surface area contributed by atoms with Gasteiger partial charge in [0.1, 0.15) is 11.5 Å². The molecule has 1 aromatic carbocycles. The summed E-state index contributed by atoms with van der Waals surface area (Å²) in [5.41, 5.74) is 4.04. The molecule has 0 spiro atoms. The Morgan fingerprint density at radius 2 is 1.93 bits per heavy atom. The highest BCUT2D eigenvalue weighted by Crippen LogP contribution is 2.33. The van der Waals surface area contributed by atoms with E-state index >= 15 is 0 Å². The Labute approximate surface area is 180 Å². The molecule has 30 heavy (non-hydrogen) atoms. The van der Waals surface area contributed by atoms with Crippen molar-refractivity contribution in [2.75, 3.05) is 29.0 Å². The summed E-state index contributed by atoms with van der Waals surface area (Å²) in [5, 5.41) is 4.02. The third-order valence-corrected chi connectivity index (χ3v) is 6.79. The molecular formula is C23H26N4O2S. The predicted octanol–water partition coefficient (Wildman–Crippen LogP) is 5.07. The number of hydrogen-bond donors (Lipinski definition) is 3. The van der Waals surface area contributed by atoms with Crippen LogP contribution in [0, 0.1) is 11.8 Å². The molecule has 2 aromatic heterocycles. The number of nitrogens with zero attached hydrogens (tertiary/aromatic N) is 1. The minimum atomic E-state index is 0.0699. The molecule has 7 heteroatoms. The topological polar surface area (TPSA) is 79.0 Å². The SMILES string of the molecule is O=C(Nc1cc(-c2ccc(NSCC3CCOCC3)cc2)c2cc[nH]c2n1)C1CC1. The molecule has 2 fully saturated rings. The number of hydrogen-bond acceptors (Lipinski definition) is 5. The van der Waals surface area contributed by atoms with E-state index < -0.39 is 0 Å². The van der Waals surface area contributed by atoms with Crippen molar-refractivity contribution < 1.29 is 9.53 Å². The number of carbonyl (C=O) groups excluding carboxylic acids is 1. The average molecular weight is 423 g/mol. The lowest BCUT2D eigenvalue weighted by molar-refractivity contribution is -0.117. The first-order valence-corrected chi connectivity index (χ1v) is 11.6. The lowest BCUT2D eigenvalue weighted by Gasteiger charge is -2.21. The number of H-pyrrole nitrogens is 1. The number of rotatable bonds is 7. The van der Waals surface area contributed by atoms with E-state index in [0.717, 1.165) is 78.4 Å². The summed E-state index contributed by atoms with van der Waals surface area (Å²) < 4.78 is 8.89. The van der Waals surface area contributed by atoms with Crippen LogP contribution in [-0.2, 0) is 9.53 Å². The molecular weight excluding hydrogens is 396 g/mol. The highest BCUT2D eigenvalue weighted by molar-refractivity contribution is 8.00. The molecule has 1 aliphatic carbocycles. The van der Waals surface area contributed by atoms with Crippen molar-refractivity contribution in [1.82, 2.24) is 9.97 Å². The maximum Gasteiger partial charge on any atom is 0.228 e. The van der Waals surface area contributed by atoms with Crippen LogP contribution >= 0.6 is 11.9 Å². The van der Waals surface area contributed by atoms with Crippen LogP contribution < -0.4 is 10.0 Å². The maximum absolute atomic E-state index is 12.2. The van der Waals surface area contributed by atoms with Crippen molar-refractivity contribution in [2.45, 2.75) is 25.7 Å². The second-order valence-corrected chi connectivity index (χ2v) is 8.93. The van der Waals surface area contributed by atoms with Crippen LogP contribution in [0.4, 0.5) is 11.5 Å². The predicted molar refractivity (Wildman–Crippen MR) is 123 cm³/mol. The van der Waals surface area contributed by atoms with E-state index in [4.69, 9.17) is 4.74 Å². The summed E-state index contributed by atoms with van der Waals surface area (Å²) in [7, 11) is 0. The van der Waals surface area contributed by atoms with Crippen LogP contribution in [0.1, 0.15) is 25.7 Å². The minimum absolute atomic E-state index is 0.0699. The van der Waals surface area contributed by atoms with Gasteiger partial charge in [-0.1, -0.05) is 24.1 Å². The second-order valence-electron chi connectivity index (χ2n) is 8.10. The van der Waals surface area contributed by atoms with E-state index in [-0.39, 0.29) is 11.8 Å². The van der Waals surface area contributed by atoms with Gasteiger partial charge in [-0.3, -0.25) is 4.79 Å². The monoisotopic (exact) mass is 422 g/mol. The fraction of sp³-hybridized carbons (Fsp3) is 0.391. The number of ether oxygens (including phenoxy) is 1. The molecule has 3 N–H and O–H groups in total. The molecule has 6 nitrogen and oxygen atoms in total. The van der Waals surface area contributed by atoms with E-state index in [2.05, 4.69) is 44.3 Å². The largest absolute Gasteiger partial charge is 0.381 e. The number of aromatic nitrogens is 2. The van der Waals surface area contributed by atoms with Gasteiger partial charge < -0.3 is 19.8 Å². The third kappa shape index (κ3) is 4.47. The summed E-state index contributed by atoms with van der Waals surface area (Å²) >= 11 is 1.77. The molecule has 0 atom stereocenters. The first kappa shape index (κ1) is 19.5. The number of amides is 1. The summed E-state index contributed by atoms with van der Waals surface area (Å²) in [4.78, 5) is 19.9. The Kier molecular flexibility index (Phi) is 5.64. The lowest BCUT2D eigenvalue weighted by Crippen LogP contribution is -2.17. The molecule has 1 saturated carbocycles. The van der Waals surface area contributed by atoms with Crippen LogP contribution in [0.5, 0.6) is 0 Å². The molecule has 3 aromatic rings. The molecule has 0 bridgehead atoms. The van der Waals surface area contributed by atoms with Crippen molar-refractivity contribution in [3.63, 3.8) is 0 Å². The molecule has 2 aliphatic rings. The third-order valence-electron chi connectivity index (χ3n) is 5.77. The van der Waals surface area contributed by atoms with E-state index in [1.165, 1.54) is 0 Å². The van der Waals surface area contributed by atoms with E-state index in [9.17, 15) is 4.79 Å². The number of pyridine rings is 1. The van der Waals surface area contributed by atoms with E-state index in [1.54, 1.807) is 11.9 Å². The lowest BCUT2D eigenvalue weighted by atomic mass is 10.0. The van der Waals surface area contributed by atoms with Crippen molar-refractivity contribution in [1.29, 1.82) is 0 Å². The second kappa shape index (κ2) is 8.70. The smallest absolute Gasteiger partial charge is 0.228 e. The zero-order chi connectivity index (χ0) is 20.3. The van der Waals surface area contributed by atoms with Crippen molar-refractivity contribution >= 4 is 40.4 Å². The fourth-order valence-electron chi connectivity index (χ4n) is 3.79. The van der Waals surface area contributed by atoms with Crippen LogP contribution in [0.25, 0.3) is 22.2 Å². The molecule has 156 valence electrons. The van der Waals surface area contributed by atoms with Gasteiger partial charge in [-0.15, -0.1) is 0 Å². The van der Waals surface area contributed by atoms with Gasteiger partial charge in [0, 0.05) is 42.2 Å². The van der Waals surface area contributed by atoms with Crippen LogP contribution in [-0.4, -0.2) is 34.8 Å². The first-order valence-electron chi connectivity index (χ1n) is 10.6. The van der Waals surface area contributed by atoms with Gasteiger partial charge in [-0.05, 0) is 67.0 Å². The molecule has 1 saturated heterocycles. The van der Waals surface area contributed by atoms with Gasteiger partial charge in [0.2, 0.25) is 5.91 Å². The van der Waals surface area contributed by atoms with Crippen molar-refractivity contribution in [2.24, 2.45) is 11.8 Å². The Morgan fingerprint density at radius 3 is 2.70 bits per heavy atom. The molecule has 3 heterocycles. The van der Waals surface area contributed by atoms with Gasteiger partial charge in [0.25, 0.3) is 0 Å². The quantitative estimate of drug-likeness (QED) is 0.464. The molecule has 0 radical (unpaired) electrons. The Bertz CT molecular complexity index is 1020. The zero-order valence-electron chi connectivity index (χ0n) is 16.8. The first-order chi connectivity index (χ1) is 14.8. The molecule has 1 aliphatic heterocycles. The van der Waals surface area contributed by atoms with Gasteiger partial charge in [0.15, 0.2) is 0 Å². The van der Waals surface area contributed by atoms with Gasteiger partial charge >= 0.3 is 0 Å². The van der Waals surface area contributed by atoms with Crippen LogP contribution in [0.15, 0.2) is 42.6 Å². The number of benzene rings is 1. The van der Waals surface area contributed by atoms with E-state index in [0.29, 0.717) is 5.82 Å². The zero-order valence-corrected chi connectivity index (χ0v) is 17.6. The Morgan fingerprint density at radius 1 is 1.13 bits per heavy atom. The minimum Gasteiger partial charge on any atom is -0.381 e. The van der Waals surface area contributed by atoms with Crippen molar-refractivity contribution in [3.8, 4) is 11.1 Å². The number of nitrogens with one attached hydrogen (secondary N) is 3. The van der Waals surface area contributed by atoms with Gasteiger partial charge in [-0.2, -0.15) is 0 Å². The normalized spacial score (nSPS) is 17.2. The standard InChI is InChI=1S/C23H26N4O2S/c28-23(17-1-2-17)26-21-13-20(19-7-10-24-22(19)25-21)16-3-5-18(6-4-16)27-30-14-15-8-11-29-12-9-15/h3-7,10,13,15,17,27H,1-2,8-9,11-12,14H2,(H2,24,25,26,28). The number of anilines is 2. The van der Waals surface area contributed by atoms with E-state index in [1.807, 2.05) is 18.3 Å². The Balaban J connectivity index is 1.29. The number of aromatic amines is 1. The van der Waals surface area contributed by atoms with Gasteiger partial charge in [0.05, 0.1) is 0 Å². The summed E-state index contributed by atoms with van der Waals surface area (Å²) in [6.45, 7) is 1.78. The fourth-order valence-corrected chi connectivity index (χ4v) is 4.74. The van der Waals surface area contributed by atoms with Crippen LogP contribution in [0.3, 0.4) is 0 Å². The summed E-state index contributed by atoms with van der Waals surface area (Å²) in [6, 6.07) is 12.4. The Hall–Kier alpha value is -2.51. The maximum atomic E-state index is 12.2. The molecule has 0 unspecified atom stereocenters. The van der Waals surface area contributed by atoms with Crippen molar-refractivity contribution in [3.05, 3.63) is 42.6 Å². The highest BCUT2D eigenvalue weighted by Gasteiger charge is 2.30. The molecule has 1 amide bonds. The molecule has 5 rings (SSSR count). The number of fused-ring (bicyclic) bond motifs is 1. The highest BCUT2D eigenvalue weighted by atomic mass is 32.2. The average Bonchev–Trinajstić information content (AvgIpc) is 3.53. The summed E-state index contributed by atoms with van der Waals surface area (Å²) in [5.74, 6) is 2.66. The number of carbonyl (C=O) groups is 1.